The van der Waals surface area contributed by atoms with Crippen LogP contribution < -0.4 is 5.73 Å². The number of hydrogen-bond donors (Lipinski definition) is 1. The monoisotopic (exact) mass is 275 g/mol. The zero-order chi connectivity index (χ0) is 10.7. The lowest BCUT2D eigenvalue weighted by atomic mass is 10.1. The molecule has 1 aromatic heterocycles. The lowest BCUT2D eigenvalue weighted by Crippen LogP contribution is -2.05. The Labute approximate surface area is 97.0 Å². The highest BCUT2D eigenvalue weighted by atomic mass is 79.9. The van der Waals surface area contributed by atoms with Crippen LogP contribution in [0.5, 0.6) is 0 Å². The summed E-state index contributed by atoms with van der Waals surface area (Å²) in [6, 6.07) is 0. The summed E-state index contributed by atoms with van der Waals surface area (Å²) >= 11 is 5.10. The van der Waals surface area contributed by atoms with Gasteiger partial charge in [0.05, 0.1) is 15.9 Å². The van der Waals surface area contributed by atoms with Crippen molar-refractivity contribution in [1.29, 1.82) is 0 Å². The maximum atomic E-state index is 5.78. The van der Waals surface area contributed by atoms with Gasteiger partial charge >= 0.3 is 0 Å². The van der Waals surface area contributed by atoms with Gasteiger partial charge in [0.15, 0.2) is 0 Å². The number of nitrogens with two attached hydrogens (primary N) is 1. The second kappa shape index (κ2) is 4.98. The van der Waals surface area contributed by atoms with Gasteiger partial charge in [-0.1, -0.05) is 13.8 Å². The van der Waals surface area contributed by atoms with Crippen molar-refractivity contribution in [2.45, 2.75) is 25.5 Å². The molecule has 0 aromatic carbocycles. The van der Waals surface area contributed by atoms with E-state index in [-0.39, 0.29) is 0 Å². The molecular formula is C9H14BrN3S. The van der Waals surface area contributed by atoms with Gasteiger partial charge in [0, 0.05) is 0 Å². The molecule has 0 atom stereocenters. The minimum atomic E-state index is 0.357. The van der Waals surface area contributed by atoms with Crippen LogP contribution in [0.15, 0.2) is 4.47 Å². The zero-order valence-corrected chi connectivity index (χ0v) is 10.9. The van der Waals surface area contributed by atoms with Gasteiger partial charge in [-0.25, -0.2) is 9.97 Å². The van der Waals surface area contributed by atoms with Crippen molar-refractivity contribution in [2.24, 2.45) is 0 Å². The van der Waals surface area contributed by atoms with Crippen LogP contribution in [0.3, 0.4) is 0 Å². The van der Waals surface area contributed by atoms with E-state index < -0.39 is 0 Å². The first-order chi connectivity index (χ1) is 6.56. The van der Waals surface area contributed by atoms with Crippen molar-refractivity contribution in [3.05, 3.63) is 16.0 Å². The van der Waals surface area contributed by atoms with Gasteiger partial charge in [0.2, 0.25) is 0 Å². The molecule has 1 heterocycles. The predicted octanol–water partition coefficient (Wildman–Crippen LogP) is 2.81. The van der Waals surface area contributed by atoms with E-state index in [1.54, 1.807) is 11.8 Å². The van der Waals surface area contributed by atoms with Crippen molar-refractivity contribution in [1.82, 2.24) is 9.97 Å². The third-order valence-electron chi connectivity index (χ3n) is 1.77. The lowest BCUT2D eigenvalue weighted by molar-refractivity contribution is 0.794. The number of rotatable bonds is 3. The van der Waals surface area contributed by atoms with E-state index in [1.165, 1.54) is 0 Å². The van der Waals surface area contributed by atoms with Crippen molar-refractivity contribution in [2.75, 3.05) is 12.0 Å². The minimum Gasteiger partial charge on any atom is -0.383 e. The van der Waals surface area contributed by atoms with Gasteiger partial charge < -0.3 is 5.73 Å². The molecule has 78 valence electrons. The van der Waals surface area contributed by atoms with Crippen LogP contribution in [0.25, 0.3) is 0 Å². The maximum Gasteiger partial charge on any atom is 0.141 e. The number of thioether (sulfide) groups is 1. The van der Waals surface area contributed by atoms with E-state index in [1.807, 2.05) is 6.26 Å². The fourth-order valence-electron chi connectivity index (χ4n) is 1.11. The van der Waals surface area contributed by atoms with Gasteiger partial charge in [-0.05, 0) is 28.1 Å². The molecule has 0 bridgehead atoms. The summed E-state index contributed by atoms with van der Waals surface area (Å²) in [5.41, 5.74) is 6.77. The third kappa shape index (κ3) is 2.60. The molecular weight excluding hydrogens is 262 g/mol. The van der Waals surface area contributed by atoms with Crippen molar-refractivity contribution >= 4 is 33.5 Å². The molecule has 0 amide bonds. The summed E-state index contributed by atoms with van der Waals surface area (Å²) in [5.74, 6) is 2.50. The van der Waals surface area contributed by atoms with Crippen LogP contribution in [0.2, 0.25) is 0 Å². The average Bonchev–Trinajstić information content (AvgIpc) is 2.11. The Hall–Kier alpha value is -0.290. The van der Waals surface area contributed by atoms with E-state index in [2.05, 4.69) is 39.7 Å². The SMILES string of the molecule is CSCc1nc(N)c(Br)c(C(C)C)n1. The molecule has 0 aliphatic heterocycles. The molecule has 5 heteroatoms. The largest absolute Gasteiger partial charge is 0.383 e. The second-order valence-electron chi connectivity index (χ2n) is 3.31. The molecule has 2 N–H and O–H groups in total. The molecule has 1 aromatic rings. The summed E-state index contributed by atoms with van der Waals surface area (Å²) in [6.45, 7) is 4.19. The predicted molar refractivity (Wildman–Crippen MR) is 65.5 cm³/mol. The highest BCUT2D eigenvalue weighted by molar-refractivity contribution is 9.10. The van der Waals surface area contributed by atoms with Gasteiger partial charge in [-0.3, -0.25) is 0 Å². The Kier molecular flexibility index (Phi) is 4.19. The number of anilines is 1. The normalized spacial score (nSPS) is 10.9. The maximum absolute atomic E-state index is 5.78. The van der Waals surface area contributed by atoms with Crippen LogP contribution in [0.4, 0.5) is 5.82 Å². The van der Waals surface area contributed by atoms with Crippen LogP contribution in [0.1, 0.15) is 31.3 Å². The Morgan fingerprint density at radius 2 is 2.07 bits per heavy atom. The van der Waals surface area contributed by atoms with Gasteiger partial charge in [-0.2, -0.15) is 11.8 Å². The lowest BCUT2D eigenvalue weighted by Gasteiger charge is -2.10. The van der Waals surface area contributed by atoms with Crippen LogP contribution >= 0.6 is 27.7 Å². The molecule has 0 saturated heterocycles. The van der Waals surface area contributed by atoms with Gasteiger partial charge in [-0.15, -0.1) is 0 Å². The van der Waals surface area contributed by atoms with Crippen molar-refractivity contribution in [3.63, 3.8) is 0 Å². The first-order valence-corrected chi connectivity index (χ1v) is 6.55. The van der Waals surface area contributed by atoms with Crippen molar-refractivity contribution in [3.8, 4) is 0 Å². The number of aromatic nitrogens is 2. The number of halogens is 1. The zero-order valence-electron chi connectivity index (χ0n) is 8.54. The summed E-state index contributed by atoms with van der Waals surface area (Å²) in [4.78, 5) is 8.67. The van der Waals surface area contributed by atoms with E-state index in [4.69, 9.17) is 5.73 Å². The number of hydrogen-bond acceptors (Lipinski definition) is 4. The molecule has 0 unspecified atom stereocenters. The third-order valence-corrected chi connectivity index (χ3v) is 3.13. The Bertz CT molecular complexity index is 328. The van der Waals surface area contributed by atoms with Crippen LogP contribution in [0, 0.1) is 0 Å². The summed E-state index contributed by atoms with van der Waals surface area (Å²) < 4.78 is 0.831. The molecule has 0 fully saturated rings. The summed E-state index contributed by atoms with van der Waals surface area (Å²) in [6.07, 6.45) is 2.02. The van der Waals surface area contributed by atoms with Gasteiger partial charge in [0.25, 0.3) is 0 Å². The summed E-state index contributed by atoms with van der Waals surface area (Å²) in [7, 11) is 0. The van der Waals surface area contributed by atoms with E-state index in [0.29, 0.717) is 11.7 Å². The smallest absolute Gasteiger partial charge is 0.141 e. The molecule has 0 saturated carbocycles. The fourth-order valence-corrected chi connectivity index (χ4v) is 2.13. The number of nitrogens with zero attached hydrogens (tertiary/aromatic N) is 2. The van der Waals surface area contributed by atoms with Crippen LogP contribution in [-0.4, -0.2) is 16.2 Å². The second-order valence-corrected chi connectivity index (χ2v) is 4.97. The number of nitrogen functional groups attached to an aromatic ring is 1. The first-order valence-electron chi connectivity index (χ1n) is 4.37. The Morgan fingerprint density at radius 1 is 1.43 bits per heavy atom. The Balaban J connectivity index is 3.14. The highest BCUT2D eigenvalue weighted by Crippen LogP contribution is 2.27. The first kappa shape index (κ1) is 11.8. The van der Waals surface area contributed by atoms with Crippen LogP contribution in [-0.2, 0) is 5.75 Å². The quantitative estimate of drug-likeness (QED) is 0.922. The molecule has 14 heavy (non-hydrogen) atoms. The Morgan fingerprint density at radius 3 is 2.57 bits per heavy atom. The fraction of sp³-hybridized carbons (Fsp3) is 0.556. The van der Waals surface area contributed by atoms with E-state index >= 15 is 0 Å². The molecule has 3 nitrogen and oxygen atoms in total. The average molecular weight is 276 g/mol. The van der Waals surface area contributed by atoms with Crippen molar-refractivity contribution < 1.29 is 0 Å². The van der Waals surface area contributed by atoms with E-state index in [0.717, 1.165) is 21.7 Å². The topological polar surface area (TPSA) is 51.8 Å². The molecule has 0 aliphatic carbocycles. The highest BCUT2D eigenvalue weighted by Gasteiger charge is 2.12. The molecule has 0 spiro atoms. The standard InChI is InChI=1S/C9H14BrN3S/c1-5(2)8-7(10)9(11)13-6(12-8)4-14-3/h5H,4H2,1-3H3,(H2,11,12,13). The molecule has 0 radical (unpaired) electrons. The van der Waals surface area contributed by atoms with E-state index in [9.17, 15) is 0 Å². The summed E-state index contributed by atoms with van der Waals surface area (Å²) in [5, 5.41) is 0. The van der Waals surface area contributed by atoms with Gasteiger partial charge in [0.1, 0.15) is 11.6 Å². The minimum absolute atomic E-state index is 0.357. The molecule has 0 aliphatic rings. The molecule has 1 rings (SSSR count).